The fourth-order valence-corrected chi connectivity index (χ4v) is 1.04. The first-order valence-corrected chi connectivity index (χ1v) is 3.73. The molecule has 0 radical (unpaired) electrons. The molecule has 1 aliphatic carbocycles. The zero-order valence-electron chi connectivity index (χ0n) is 6.29. The molecule has 0 aromatic carbocycles. The third-order valence-corrected chi connectivity index (χ3v) is 1.64. The van der Waals surface area contributed by atoms with Crippen molar-refractivity contribution in [3.8, 4) is 0 Å². The van der Waals surface area contributed by atoms with Gasteiger partial charge in [-0.1, -0.05) is 12.2 Å². The smallest absolute Gasteiger partial charge is 0.0701 e. The Morgan fingerprint density at radius 1 is 1.70 bits per heavy atom. The van der Waals surface area contributed by atoms with E-state index in [4.69, 9.17) is 9.84 Å². The minimum atomic E-state index is 0.138. The van der Waals surface area contributed by atoms with E-state index in [9.17, 15) is 0 Å². The molecule has 0 bridgehead atoms. The number of hydrogen-bond acceptors (Lipinski definition) is 2. The molecule has 1 rings (SSSR count). The number of hydrogen-bond donors (Lipinski definition) is 1. The van der Waals surface area contributed by atoms with Crippen LogP contribution in [0.3, 0.4) is 0 Å². The number of aliphatic hydroxyl groups excluding tert-OH is 1. The molecule has 0 amide bonds. The lowest BCUT2D eigenvalue weighted by Gasteiger charge is -1.96. The van der Waals surface area contributed by atoms with Crippen LogP contribution in [0.5, 0.6) is 0 Å². The molecule has 0 saturated heterocycles. The van der Waals surface area contributed by atoms with E-state index < -0.39 is 0 Å². The van der Waals surface area contributed by atoms with Crippen LogP contribution in [-0.4, -0.2) is 24.4 Å². The normalized spacial score (nSPS) is 31.4. The molecular weight excluding hydrogens is 128 g/mol. The van der Waals surface area contributed by atoms with Crippen molar-refractivity contribution in [2.75, 3.05) is 13.2 Å². The molecule has 0 spiro atoms. The number of allylic oxidation sites excluding steroid dienone is 1. The van der Waals surface area contributed by atoms with E-state index in [2.05, 4.69) is 6.08 Å². The quantitative estimate of drug-likeness (QED) is 0.592. The van der Waals surface area contributed by atoms with Gasteiger partial charge in [0.05, 0.1) is 19.3 Å². The van der Waals surface area contributed by atoms with E-state index in [1.54, 1.807) is 0 Å². The fraction of sp³-hybridized carbons (Fsp3) is 0.750. The lowest BCUT2D eigenvalue weighted by molar-refractivity contribution is 0.0760. The predicted octanol–water partition coefficient (Wildman–Crippen LogP) is 0.960. The van der Waals surface area contributed by atoms with Gasteiger partial charge >= 0.3 is 0 Å². The Hall–Kier alpha value is -0.340. The van der Waals surface area contributed by atoms with Gasteiger partial charge in [0.15, 0.2) is 0 Å². The Morgan fingerprint density at radius 3 is 3.10 bits per heavy atom. The SMILES string of the molecule is C/C=C/[C@@H]1C[C@@H]1OCCO. The third-order valence-electron chi connectivity index (χ3n) is 1.64. The molecule has 58 valence electrons. The summed E-state index contributed by atoms with van der Waals surface area (Å²) in [4.78, 5) is 0. The predicted molar refractivity (Wildman–Crippen MR) is 39.7 cm³/mol. The maximum atomic E-state index is 8.42. The molecule has 10 heavy (non-hydrogen) atoms. The Morgan fingerprint density at radius 2 is 2.50 bits per heavy atom. The van der Waals surface area contributed by atoms with Gasteiger partial charge in [0.25, 0.3) is 0 Å². The Bertz CT molecular complexity index is 120. The van der Waals surface area contributed by atoms with Gasteiger partial charge in [-0.15, -0.1) is 0 Å². The van der Waals surface area contributed by atoms with E-state index >= 15 is 0 Å². The molecule has 0 aromatic heterocycles. The third kappa shape index (κ3) is 2.12. The van der Waals surface area contributed by atoms with Crippen LogP contribution in [0, 0.1) is 5.92 Å². The maximum absolute atomic E-state index is 8.42. The number of rotatable bonds is 4. The fourth-order valence-electron chi connectivity index (χ4n) is 1.04. The van der Waals surface area contributed by atoms with Crippen molar-refractivity contribution in [1.82, 2.24) is 0 Å². The summed E-state index contributed by atoms with van der Waals surface area (Å²) in [6, 6.07) is 0. The molecule has 2 atom stereocenters. The second-order valence-corrected chi connectivity index (χ2v) is 2.56. The summed E-state index contributed by atoms with van der Waals surface area (Å²) in [6.45, 7) is 2.64. The zero-order chi connectivity index (χ0) is 7.40. The summed E-state index contributed by atoms with van der Waals surface area (Å²) in [6.07, 6.45) is 5.72. The first-order chi connectivity index (χ1) is 4.88. The van der Waals surface area contributed by atoms with Crippen LogP contribution in [0.2, 0.25) is 0 Å². The van der Waals surface area contributed by atoms with E-state index in [-0.39, 0.29) is 6.61 Å². The lowest BCUT2D eigenvalue weighted by Crippen LogP contribution is -2.01. The topological polar surface area (TPSA) is 29.5 Å². The van der Waals surface area contributed by atoms with Crippen LogP contribution in [0.1, 0.15) is 13.3 Å². The van der Waals surface area contributed by atoms with Crippen LogP contribution in [0.4, 0.5) is 0 Å². The monoisotopic (exact) mass is 142 g/mol. The summed E-state index contributed by atoms with van der Waals surface area (Å²) in [7, 11) is 0. The Balaban J connectivity index is 2.02. The highest BCUT2D eigenvalue weighted by Gasteiger charge is 2.35. The van der Waals surface area contributed by atoms with Crippen molar-refractivity contribution in [3.63, 3.8) is 0 Å². The van der Waals surface area contributed by atoms with Gasteiger partial charge in [0.1, 0.15) is 0 Å². The molecule has 0 heterocycles. The van der Waals surface area contributed by atoms with Crippen LogP contribution >= 0.6 is 0 Å². The van der Waals surface area contributed by atoms with Crippen molar-refractivity contribution in [2.24, 2.45) is 5.92 Å². The first-order valence-electron chi connectivity index (χ1n) is 3.73. The second-order valence-electron chi connectivity index (χ2n) is 2.56. The summed E-state index contributed by atoms with van der Waals surface area (Å²) in [5.74, 6) is 0.622. The van der Waals surface area contributed by atoms with Crippen LogP contribution in [-0.2, 0) is 4.74 Å². The Labute approximate surface area is 61.5 Å². The summed E-state index contributed by atoms with van der Waals surface area (Å²) < 4.78 is 5.27. The molecule has 1 fully saturated rings. The minimum absolute atomic E-state index is 0.138. The first kappa shape index (κ1) is 7.76. The summed E-state index contributed by atoms with van der Waals surface area (Å²) >= 11 is 0. The van der Waals surface area contributed by atoms with E-state index in [1.807, 2.05) is 13.0 Å². The molecule has 1 aliphatic rings. The van der Waals surface area contributed by atoms with Crippen LogP contribution < -0.4 is 0 Å². The minimum Gasteiger partial charge on any atom is -0.394 e. The highest BCUT2D eigenvalue weighted by atomic mass is 16.5. The molecule has 1 N–H and O–H groups in total. The average molecular weight is 142 g/mol. The summed E-state index contributed by atoms with van der Waals surface area (Å²) in [5.41, 5.74) is 0. The summed E-state index contributed by atoms with van der Waals surface area (Å²) in [5, 5.41) is 8.42. The van der Waals surface area contributed by atoms with Gasteiger partial charge in [0.2, 0.25) is 0 Å². The second kappa shape index (κ2) is 3.74. The molecular formula is C8H14O2. The average Bonchev–Trinajstić information content (AvgIpc) is 2.65. The molecule has 1 saturated carbocycles. The lowest BCUT2D eigenvalue weighted by atomic mass is 10.4. The van der Waals surface area contributed by atoms with E-state index in [1.165, 1.54) is 0 Å². The van der Waals surface area contributed by atoms with Crippen LogP contribution in [0.15, 0.2) is 12.2 Å². The molecule has 0 unspecified atom stereocenters. The standard InChI is InChI=1S/C8H14O2/c1-2-3-7-6-8(7)10-5-4-9/h2-3,7-9H,4-6H2,1H3/b3-2+/t7-,8+/m1/s1. The number of aliphatic hydroxyl groups is 1. The van der Waals surface area contributed by atoms with Gasteiger partial charge in [-0.2, -0.15) is 0 Å². The van der Waals surface area contributed by atoms with Crippen molar-refractivity contribution in [3.05, 3.63) is 12.2 Å². The largest absolute Gasteiger partial charge is 0.394 e. The highest BCUT2D eigenvalue weighted by Crippen LogP contribution is 2.34. The van der Waals surface area contributed by atoms with Gasteiger partial charge < -0.3 is 9.84 Å². The zero-order valence-corrected chi connectivity index (χ0v) is 6.29. The molecule has 0 aromatic rings. The molecule has 2 nitrogen and oxygen atoms in total. The van der Waals surface area contributed by atoms with Crippen molar-refractivity contribution >= 4 is 0 Å². The highest BCUT2D eigenvalue weighted by molar-refractivity contribution is 5.02. The number of ether oxygens (including phenoxy) is 1. The Kier molecular flexibility index (Phi) is 2.90. The maximum Gasteiger partial charge on any atom is 0.0701 e. The van der Waals surface area contributed by atoms with Crippen LogP contribution in [0.25, 0.3) is 0 Å². The molecule has 0 aliphatic heterocycles. The van der Waals surface area contributed by atoms with Crippen molar-refractivity contribution in [1.29, 1.82) is 0 Å². The van der Waals surface area contributed by atoms with Gasteiger partial charge in [-0.25, -0.2) is 0 Å². The van der Waals surface area contributed by atoms with Gasteiger partial charge in [-0.05, 0) is 13.3 Å². The van der Waals surface area contributed by atoms with Gasteiger partial charge in [0, 0.05) is 5.92 Å². The van der Waals surface area contributed by atoms with Gasteiger partial charge in [-0.3, -0.25) is 0 Å². The van der Waals surface area contributed by atoms with Crippen molar-refractivity contribution < 1.29 is 9.84 Å². The van der Waals surface area contributed by atoms with E-state index in [0.717, 1.165) is 6.42 Å². The van der Waals surface area contributed by atoms with Crippen molar-refractivity contribution in [2.45, 2.75) is 19.4 Å². The van der Waals surface area contributed by atoms with E-state index in [0.29, 0.717) is 18.6 Å². The molecule has 2 heteroatoms.